The number of ether oxygens (including phenoxy) is 2. The van der Waals surface area contributed by atoms with Crippen molar-refractivity contribution in [3.05, 3.63) is 42.2 Å². The Hall–Kier alpha value is -2.50. The predicted molar refractivity (Wildman–Crippen MR) is 74.7 cm³/mol. The van der Waals surface area contributed by atoms with Gasteiger partial charge in [-0.3, -0.25) is 4.68 Å². The van der Waals surface area contributed by atoms with Crippen LogP contribution in [0.25, 0.3) is 0 Å². The fourth-order valence-electron chi connectivity index (χ4n) is 1.75. The van der Waals surface area contributed by atoms with E-state index in [0.29, 0.717) is 30.4 Å². The summed E-state index contributed by atoms with van der Waals surface area (Å²) in [5.41, 5.74) is 1.30. The van der Waals surface area contributed by atoms with Gasteiger partial charge in [0.2, 0.25) is 0 Å². The molecule has 6 nitrogen and oxygen atoms in total. The van der Waals surface area contributed by atoms with Gasteiger partial charge in [0.1, 0.15) is 6.61 Å². The summed E-state index contributed by atoms with van der Waals surface area (Å²) in [5, 5.41) is 16.0. The summed E-state index contributed by atoms with van der Waals surface area (Å²) < 4.78 is 12.8. The SMILES string of the molecule is COc1cc(C(C)=NO)ccc1OCCn1cccn1. The summed E-state index contributed by atoms with van der Waals surface area (Å²) >= 11 is 0. The summed E-state index contributed by atoms with van der Waals surface area (Å²) in [6, 6.07) is 7.26. The van der Waals surface area contributed by atoms with Crippen LogP contribution in [0.1, 0.15) is 12.5 Å². The zero-order valence-corrected chi connectivity index (χ0v) is 11.5. The number of aromatic nitrogens is 2. The van der Waals surface area contributed by atoms with E-state index in [-0.39, 0.29) is 0 Å². The average Bonchev–Trinajstić information content (AvgIpc) is 3.00. The van der Waals surface area contributed by atoms with Gasteiger partial charge < -0.3 is 14.7 Å². The molecule has 0 spiro atoms. The molecule has 0 aliphatic rings. The van der Waals surface area contributed by atoms with Crippen LogP contribution in [0.5, 0.6) is 11.5 Å². The lowest BCUT2D eigenvalue weighted by molar-refractivity contribution is 0.274. The van der Waals surface area contributed by atoms with Gasteiger partial charge in [0, 0.05) is 18.0 Å². The van der Waals surface area contributed by atoms with E-state index < -0.39 is 0 Å². The molecule has 0 aliphatic heterocycles. The number of benzene rings is 1. The molecule has 1 N–H and O–H groups in total. The fraction of sp³-hybridized carbons (Fsp3) is 0.286. The van der Waals surface area contributed by atoms with E-state index in [1.54, 1.807) is 37.0 Å². The second-order valence-corrected chi connectivity index (χ2v) is 4.17. The van der Waals surface area contributed by atoms with Crippen molar-refractivity contribution in [2.24, 2.45) is 5.16 Å². The van der Waals surface area contributed by atoms with E-state index in [1.807, 2.05) is 18.3 Å². The number of methoxy groups -OCH3 is 1. The molecule has 0 fully saturated rings. The maximum absolute atomic E-state index is 8.77. The van der Waals surface area contributed by atoms with Gasteiger partial charge in [-0.25, -0.2) is 0 Å². The minimum Gasteiger partial charge on any atom is -0.493 e. The Balaban J connectivity index is 2.04. The Morgan fingerprint density at radius 1 is 1.40 bits per heavy atom. The molecule has 0 bridgehead atoms. The van der Waals surface area contributed by atoms with Gasteiger partial charge >= 0.3 is 0 Å². The van der Waals surface area contributed by atoms with Gasteiger partial charge in [-0.2, -0.15) is 5.10 Å². The normalized spacial score (nSPS) is 11.4. The third-order valence-electron chi connectivity index (χ3n) is 2.87. The first-order valence-corrected chi connectivity index (χ1v) is 6.22. The standard InChI is InChI=1S/C14H17N3O3/c1-11(16-18)12-4-5-13(14(10-12)19-2)20-9-8-17-7-3-6-15-17/h3-7,10,18H,8-9H2,1-2H3. The van der Waals surface area contributed by atoms with Crippen molar-refractivity contribution in [1.29, 1.82) is 0 Å². The Labute approximate surface area is 117 Å². The molecule has 0 unspecified atom stereocenters. The maximum Gasteiger partial charge on any atom is 0.161 e. The molecule has 0 saturated carbocycles. The molecule has 0 atom stereocenters. The second kappa shape index (κ2) is 6.60. The molecule has 0 amide bonds. The monoisotopic (exact) mass is 275 g/mol. The zero-order chi connectivity index (χ0) is 14.4. The van der Waals surface area contributed by atoms with Crippen LogP contribution in [0.3, 0.4) is 0 Å². The van der Waals surface area contributed by atoms with Gasteiger partial charge in [-0.15, -0.1) is 0 Å². The molecule has 6 heteroatoms. The van der Waals surface area contributed by atoms with Gasteiger partial charge in [0.05, 0.1) is 19.4 Å². The lowest BCUT2D eigenvalue weighted by Gasteiger charge is -2.12. The number of oxime groups is 1. The molecule has 20 heavy (non-hydrogen) atoms. The van der Waals surface area contributed by atoms with E-state index >= 15 is 0 Å². The van der Waals surface area contributed by atoms with Crippen molar-refractivity contribution >= 4 is 5.71 Å². The van der Waals surface area contributed by atoms with Crippen LogP contribution in [0.2, 0.25) is 0 Å². The molecule has 0 aliphatic carbocycles. The molecule has 1 heterocycles. The minimum atomic E-state index is 0.491. The van der Waals surface area contributed by atoms with E-state index in [0.717, 1.165) is 5.56 Å². The molecule has 0 saturated heterocycles. The summed E-state index contributed by atoms with van der Waals surface area (Å²) in [6.45, 7) is 2.87. The lowest BCUT2D eigenvalue weighted by atomic mass is 10.1. The quantitative estimate of drug-likeness (QED) is 0.498. The summed E-state index contributed by atoms with van der Waals surface area (Å²) in [4.78, 5) is 0. The molecule has 106 valence electrons. The minimum absolute atomic E-state index is 0.491. The van der Waals surface area contributed by atoms with Crippen LogP contribution in [-0.2, 0) is 6.54 Å². The summed E-state index contributed by atoms with van der Waals surface area (Å²) in [5.74, 6) is 1.25. The molecular formula is C14H17N3O3. The van der Waals surface area contributed by atoms with E-state index in [1.165, 1.54) is 0 Å². The van der Waals surface area contributed by atoms with Gasteiger partial charge in [-0.05, 0) is 31.2 Å². The number of nitrogens with zero attached hydrogens (tertiary/aromatic N) is 3. The van der Waals surface area contributed by atoms with Gasteiger partial charge in [-0.1, -0.05) is 5.16 Å². The van der Waals surface area contributed by atoms with Gasteiger partial charge in [0.15, 0.2) is 11.5 Å². The van der Waals surface area contributed by atoms with E-state index in [2.05, 4.69) is 10.3 Å². The first-order chi connectivity index (χ1) is 9.74. The highest BCUT2D eigenvalue weighted by Gasteiger charge is 2.07. The second-order valence-electron chi connectivity index (χ2n) is 4.17. The average molecular weight is 275 g/mol. The first kappa shape index (κ1) is 13.9. The van der Waals surface area contributed by atoms with E-state index in [9.17, 15) is 0 Å². The lowest BCUT2D eigenvalue weighted by Crippen LogP contribution is -2.09. The highest BCUT2D eigenvalue weighted by molar-refractivity contribution is 5.98. The van der Waals surface area contributed by atoms with Crippen molar-refractivity contribution in [1.82, 2.24) is 9.78 Å². The molecule has 2 rings (SSSR count). The summed E-state index contributed by atoms with van der Waals surface area (Å²) in [7, 11) is 1.57. The number of rotatable bonds is 6. The molecule has 0 radical (unpaired) electrons. The maximum atomic E-state index is 8.77. The third-order valence-corrected chi connectivity index (χ3v) is 2.87. The van der Waals surface area contributed by atoms with Crippen LogP contribution in [0.4, 0.5) is 0 Å². The van der Waals surface area contributed by atoms with Crippen LogP contribution >= 0.6 is 0 Å². The molecule has 1 aromatic heterocycles. The van der Waals surface area contributed by atoms with Crippen molar-refractivity contribution in [2.45, 2.75) is 13.5 Å². The van der Waals surface area contributed by atoms with Crippen molar-refractivity contribution < 1.29 is 14.7 Å². The Morgan fingerprint density at radius 2 is 2.25 bits per heavy atom. The number of hydrogen-bond donors (Lipinski definition) is 1. The highest BCUT2D eigenvalue weighted by atomic mass is 16.5. The number of hydrogen-bond acceptors (Lipinski definition) is 5. The predicted octanol–water partition coefficient (Wildman–Crippen LogP) is 2.17. The van der Waals surface area contributed by atoms with Crippen molar-refractivity contribution in [3.63, 3.8) is 0 Å². The third kappa shape index (κ3) is 3.28. The van der Waals surface area contributed by atoms with Gasteiger partial charge in [0.25, 0.3) is 0 Å². The van der Waals surface area contributed by atoms with Crippen LogP contribution in [0, 0.1) is 0 Å². The first-order valence-electron chi connectivity index (χ1n) is 6.22. The topological polar surface area (TPSA) is 68.9 Å². The fourth-order valence-corrected chi connectivity index (χ4v) is 1.75. The highest BCUT2D eigenvalue weighted by Crippen LogP contribution is 2.28. The molecular weight excluding hydrogens is 258 g/mol. The van der Waals surface area contributed by atoms with Crippen molar-refractivity contribution in [2.75, 3.05) is 13.7 Å². The Morgan fingerprint density at radius 3 is 2.90 bits per heavy atom. The van der Waals surface area contributed by atoms with Crippen LogP contribution in [0.15, 0.2) is 41.8 Å². The smallest absolute Gasteiger partial charge is 0.161 e. The zero-order valence-electron chi connectivity index (χ0n) is 11.5. The van der Waals surface area contributed by atoms with Crippen molar-refractivity contribution in [3.8, 4) is 11.5 Å². The molecule has 2 aromatic rings. The van der Waals surface area contributed by atoms with Crippen LogP contribution in [-0.4, -0.2) is 34.4 Å². The van der Waals surface area contributed by atoms with E-state index in [4.69, 9.17) is 14.7 Å². The Bertz CT molecular complexity index is 579. The van der Waals surface area contributed by atoms with Crippen LogP contribution < -0.4 is 9.47 Å². The summed E-state index contributed by atoms with van der Waals surface area (Å²) in [6.07, 6.45) is 3.61. The largest absolute Gasteiger partial charge is 0.493 e. The Kier molecular flexibility index (Phi) is 4.60. The molecule has 1 aromatic carbocycles.